The Labute approximate surface area is 80.2 Å². The van der Waals surface area contributed by atoms with Gasteiger partial charge in [0.25, 0.3) is 0 Å². The molecule has 2 aromatic rings. The van der Waals surface area contributed by atoms with Gasteiger partial charge in [0.05, 0.1) is 0 Å². The lowest BCUT2D eigenvalue weighted by molar-refractivity contribution is 1.41. The van der Waals surface area contributed by atoms with Crippen LogP contribution in [0.4, 0.5) is 0 Å². The van der Waals surface area contributed by atoms with E-state index in [1.807, 2.05) is 35.7 Å². The molecule has 1 heterocycles. The molecule has 2 nitrogen and oxygen atoms in total. The molecule has 2 rings (SSSR count). The highest BCUT2D eigenvalue weighted by atomic mass is 32.1. The Hall–Kier alpha value is -1.66. The molecule has 0 aliphatic heterocycles. The second-order valence-electron chi connectivity index (χ2n) is 2.55. The topological polar surface area (TPSA) is 36.7 Å². The predicted octanol–water partition coefficient (Wildman–Crippen LogP) is 2.68. The first-order chi connectivity index (χ1) is 6.42. The Morgan fingerprint density at radius 1 is 1.23 bits per heavy atom. The summed E-state index contributed by atoms with van der Waals surface area (Å²) >= 11 is 1.31. The Bertz CT molecular complexity index is 439. The van der Waals surface area contributed by atoms with Crippen molar-refractivity contribution < 1.29 is 0 Å². The van der Waals surface area contributed by atoms with Gasteiger partial charge in [-0.3, -0.25) is 0 Å². The molecule has 0 saturated heterocycles. The Morgan fingerprint density at radius 2 is 2.00 bits per heavy atom. The smallest absolute Gasteiger partial charge is 0.162 e. The van der Waals surface area contributed by atoms with Gasteiger partial charge in [0, 0.05) is 10.9 Å². The van der Waals surface area contributed by atoms with E-state index in [1.54, 1.807) is 0 Å². The van der Waals surface area contributed by atoms with Crippen LogP contribution in [-0.2, 0) is 0 Å². The minimum atomic E-state index is 0.510. The van der Waals surface area contributed by atoms with Gasteiger partial charge in [-0.05, 0) is 17.1 Å². The molecule has 0 fully saturated rings. The van der Waals surface area contributed by atoms with Gasteiger partial charge in [-0.25, -0.2) is 0 Å². The van der Waals surface area contributed by atoms with E-state index < -0.39 is 0 Å². The van der Waals surface area contributed by atoms with Crippen LogP contribution >= 0.6 is 11.5 Å². The normalized spacial score (nSPS) is 9.46. The summed E-state index contributed by atoms with van der Waals surface area (Å²) in [5.41, 5.74) is 2.48. The average molecular weight is 186 g/mol. The van der Waals surface area contributed by atoms with Crippen molar-refractivity contribution in [1.82, 2.24) is 4.37 Å². The van der Waals surface area contributed by atoms with E-state index in [4.69, 9.17) is 5.26 Å². The molecule has 3 heteroatoms. The van der Waals surface area contributed by atoms with Gasteiger partial charge in [-0.2, -0.15) is 9.64 Å². The second kappa shape index (κ2) is 3.38. The Kier molecular flexibility index (Phi) is 2.07. The third-order valence-electron chi connectivity index (χ3n) is 1.76. The second-order valence-corrected chi connectivity index (χ2v) is 3.18. The van der Waals surface area contributed by atoms with Crippen LogP contribution in [0.15, 0.2) is 35.7 Å². The van der Waals surface area contributed by atoms with Crippen molar-refractivity contribution in [3.05, 3.63) is 41.4 Å². The van der Waals surface area contributed by atoms with Crippen molar-refractivity contribution in [3.8, 4) is 17.2 Å². The number of nitrogens with zero attached hydrogens (tertiary/aromatic N) is 2. The Morgan fingerprint density at radius 3 is 2.69 bits per heavy atom. The molecule has 0 radical (unpaired) electrons. The first kappa shape index (κ1) is 7.96. The first-order valence-electron chi connectivity index (χ1n) is 3.81. The highest BCUT2D eigenvalue weighted by molar-refractivity contribution is 7.04. The summed E-state index contributed by atoms with van der Waals surface area (Å²) in [5, 5.41) is 10.7. The first-order valence-corrected chi connectivity index (χ1v) is 4.65. The van der Waals surface area contributed by atoms with Gasteiger partial charge in [-0.1, -0.05) is 30.3 Å². The summed E-state index contributed by atoms with van der Waals surface area (Å²) < 4.78 is 3.99. The third kappa shape index (κ3) is 1.44. The fraction of sp³-hybridized carbons (Fsp3) is 0. The van der Waals surface area contributed by atoms with Crippen LogP contribution in [0.25, 0.3) is 11.1 Å². The zero-order valence-corrected chi connectivity index (χ0v) is 7.58. The summed E-state index contributed by atoms with van der Waals surface area (Å²) in [6, 6.07) is 11.9. The zero-order chi connectivity index (χ0) is 9.10. The van der Waals surface area contributed by atoms with Crippen LogP contribution in [0.5, 0.6) is 0 Å². The van der Waals surface area contributed by atoms with Crippen LogP contribution in [0, 0.1) is 11.3 Å². The molecule has 62 valence electrons. The Balaban J connectivity index is 2.54. The van der Waals surface area contributed by atoms with Gasteiger partial charge in [0.2, 0.25) is 0 Å². The maximum atomic E-state index is 8.76. The number of hydrogen-bond donors (Lipinski definition) is 0. The van der Waals surface area contributed by atoms with E-state index in [9.17, 15) is 0 Å². The third-order valence-corrected chi connectivity index (χ3v) is 2.39. The molecule has 0 spiro atoms. The molecule has 13 heavy (non-hydrogen) atoms. The van der Waals surface area contributed by atoms with Gasteiger partial charge in [0.15, 0.2) is 5.69 Å². The minimum absolute atomic E-state index is 0.510. The standard InChI is InChI=1S/C10H6N2S/c11-6-10-9(7-13-12-10)8-4-2-1-3-5-8/h1-5,7H. The SMILES string of the molecule is N#Cc1nscc1-c1ccccc1. The maximum Gasteiger partial charge on any atom is 0.162 e. The molecule has 0 aliphatic carbocycles. The molecule has 1 aromatic carbocycles. The van der Waals surface area contributed by atoms with Crippen molar-refractivity contribution in [3.63, 3.8) is 0 Å². The van der Waals surface area contributed by atoms with Gasteiger partial charge in [-0.15, -0.1) is 0 Å². The van der Waals surface area contributed by atoms with Crippen molar-refractivity contribution >= 4 is 11.5 Å². The molecular weight excluding hydrogens is 180 g/mol. The molecule has 0 saturated carbocycles. The summed E-state index contributed by atoms with van der Waals surface area (Å²) in [6.07, 6.45) is 0. The van der Waals surface area contributed by atoms with Crippen molar-refractivity contribution in [2.24, 2.45) is 0 Å². The largest absolute Gasteiger partial charge is 0.191 e. The highest BCUT2D eigenvalue weighted by Crippen LogP contribution is 2.23. The van der Waals surface area contributed by atoms with Gasteiger partial charge in [0.1, 0.15) is 6.07 Å². The van der Waals surface area contributed by atoms with Crippen LogP contribution in [0.2, 0.25) is 0 Å². The highest BCUT2D eigenvalue weighted by Gasteiger charge is 2.05. The summed E-state index contributed by atoms with van der Waals surface area (Å²) in [5.74, 6) is 0. The van der Waals surface area contributed by atoms with E-state index in [0.717, 1.165) is 11.1 Å². The quantitative estimate of drug-likeness (QED) is 0.686. The average Bonchev–Trinajstić information content (AvgIpc) is 2.67. The van der Waals surface area contributed by atoms with E-state index in [-0.39, 0.29) is 0 Å². The minimum Gasteiger partial charge on any atom is -0.191 e. The number of benzene rings is 1. The number of hydrogen-bond acceptors (Lipinski definition) is 3. The fourth-order valence-electron chi connectivity index (χ4n) is 1.14. The lowest BCUT2D eigenvalue weighted by atomic mass is 10.1. The lowest BCUT2D eigenvalue weighted by Crippen LogP contribution is -1.78. The van der Waals surface area contributed by atoms with E-state index in [0.29, 0.717) is 5.69 Å². The summed E-state index contributed by atoms with van der Waals surface area (Å²) in [6.45, 7) is 0. The van der Waals surface area contributed by atoms with Crippen LogP contribution < -0.4 is 0 Å². The number of rotatable bonds is 1. The predicted molar refractivity (Wildman–Crippen MR) is 52.3 cm³/mol. The van der Waals surface area contributed by atoms with Gasteiger partial charge < -0.3 is 0 Å². The monoisotopic (exact) mass is 186 g/mol. The number of aromatic nitrogens is 1. The molecule has 1 aromatic heterocycles. The molecule has 0 amide bonds. The lowest BCUT2D eigenvalue weighted by Gasteiger charge is -1.95. The summed E-state index contributed by atoms with van der Waals surface area (Å²) in [7, 11) is 0. The van der Waals surface area contributed by atoms with Gasteiger partial charge >= 0.3 is 0 Å². The van der Waals surface area contributed by atoms with Crippen LogP contribution in [-0.4, -0.2) is 4.37 Å². The molecule has 0 aliphatic rings. The van der Waals surface area contributed by atoms with E-state index in [2.05, 4.69) is 10.4 Å². The van der Waals surface area contributed by atoms with E-state index >= 15 is 0 Å². The molecular formula is C10H6N2S. The van der Waals surface area contributed by atoms with Crippen LogP contribution in [0.3, 0.4) is 0 Å². The van der Waals surface area contributed by atoms with Crippen LogP contribution in [0.1, 0.15) is 5.69 Å². The molecule has 0 unspecified atom stereocenters. The molecule has 0 N–H and O–H groups in total. The zero-order valence-electron chi connectivity index (χ0n) is 6.77. The number of nitriles is 1. The molecule has 0 atom stereocenters. The van der Waals surface area contributed by atoms with E-state index in [1.165, 1.54) is 11.5 Å². The summed E-state index contributed by atoms with van der Waals surface area (Å²) in [4.78, 5) is 0. The van der Waals surface area contributed by atoms with Crippen molar-refractivity contribution in [2.75, 3.05) is 0 Å². The fourth-order valence-corrected chi connectivity index (χ4v) is 1.79. The maximum absolute atomic E-state index is 8.76. The van der Waals surface area contributed by atoms with Crippen molar-refractivity contribution in [2.45, 2.75) is 0 Å². The molecule has 0 bridgehead atoms. The van der Waals surface area contributed by atoms with Crippen molar-refractivity contribution in [1.29, 1.82) is 5.26 Å².